The summed E-state index contributed by atoms with van der Waals surface area (Å²) in [6, 6.07) is -4.76. The first-order chi connectivity index (χ1) is 23.5. The van der Waals surface area contributed by atoms with Gasteiger partial charge in [0.2, 0.25) is 11.8 Å². The number of nitrogens with one attached hydrogen (secondary N) is 5. The summed E-state index contributed by atoms with van der Waals surface area (Å²) in [5, 5.41) is 24.7. The lowest BCUT2D eigenvalue weighted by molar-refractivity contribution is -0.182. The van der Waals surface area contributed by atoms with Crippen LogP contribution in [0.25, 0.3) is 0 Å². The van der Waals surface area contributed by atoms with Crippen LogP contribution in [0, 0.1) is 5.92 Å². The van der Waals surface area contributed by atoms with E-state index in [4.69, 9.17) is 11.6 Å². The van der Waals surface area contributed by atoms with E-state index in [1.807, 2.05) is 11.8 Å². The summed E-state index contributed by atoms with van der Waals surface area (Å²) in [7, 11) is 0. The molecule has 0 aromatic rings. The number of nitrogens with zero attached hydrogens (tertiary/aromatic N) is 3. The largest absolute Gasteiger partial charge is 0.409 e. The average molecular weight is 745 g/mol. The zero-order chi connectivity index (χ0) is 36.5. The van der Waals surface area contributed by atoms with Crippen molar-refractivity contribution in [3.8, 4) is 0 Å². The first-order valence-electron chi connectivity index (χ1n) is 17.2. The molecular weight excluding hydrogens is 698 g/mol. The van der Waals surface area contributed by atoms with Gasteiger partial charge in [0.25, 0.3) is 0 Å². The minimum Gasteiger partial charge on any atom is -0.389 e. The number of carbonyl (C=O) groups excluding carboxylic acids is 3. The molecular formula is C31H47ClF6N8O4. The maximum Gasteiger partial charge on any atom is 0.409 e. The van der Waals surface area contributed by atoms with Crippen molar-refractivity contribution in [1.29, 1.82) is 0 Å². The van der Waals surface area contributed by atoms with Crippen molar-refractivity contribution in [3.05, 3.63) is 12.2 Å². The van der Waals surface area contributed by atoms with Crippen LogP contribution in [0.2, 0.25) is 0 Å². The normalized spacial score (nSPS) is 38.2. The van der Waals surface area contributed by atoms with Crippen LogP contribution in [0.3, 0.4) is 0 Å². The highest BCUT2D eigenvalue weighted by molar-refractivity contribution is 6.21. The fraction of sp³-hybridized carbons (Fsp3) is 0.839. The number of aliphatic hydroxyl groups is 1. The molecule has 4 saturated heterocycles. The summed E-state index contributed by atoms with van der Waals surface area (Å²) in [5.41, 5.74) is 0. The molecule has 12 nitrogen and oxygen atoms in total. The van der Waals surface area contributed by atoms with Gasteiger partial charge in [-0.1, -0.05) is 13.0 Å². The molecule has 5 aliphatic rings. The lowest BCUT2D eigenvalue weighted by Crippen LogP contribution is -2.79. The Morgan fingerprint density at radius 1 is 1.06 bits per heavy atom. The third-order valence-corrected chi connectivity index (χ3v) is 11.2. The van der Waals surface area contributed by atoms with E-state index in [-0.39, 0.29) is 69.2 Å². The molecule has 1 aliphatic carbocycles. The number of hydrogen-bond acceptors (Lipinski definition) is 10. The van der Waals surface area contributed by atoms with Gasteiger partial charge in [0.15, 0.2) is 5.78 Å². The van der Waals surface area contributed by atoms with Gasteiger partial charge in [-0.3, -0.25) is 40.1 Å². The number of ketones is 1. The first kappa shape index (κ1) is 39.2. The SMILES string of the molecule is CCC1C(N2CCN(C(=O)C3NCNC(C)C3O)CC2)C(=O)C2NCC(/C=C/C(F)(F)F)NC2N1CC(=O)NC1CCC(C(F)(F)F)CC1Cl. The van der Waals surface area contributed by atoms with Crippen molar-refractivity contribution >= 4 is 29.2 Å². The van der Waals surface area contributed by atoms with E-state index in [0.717, 1.165) is 6.08 Å². The number of carbonyl (C=O) groups is 3. The predicted molar refractivity (Wildman–Crippen MR) is 171 cm³/mol. The Labute approximate surface area is 292 Å². The van der Waals surface area contributed by atoms with Gasteiger partial charge >= 0.3 is 12.4 Å². The molecule has 1 saturated carbocycles. The second-order valence-corrected chi connectivity index (χ2v) is 14.5. The van der Waals surface area contributed by atoms with E-state index < -0.39 is 78.1 Å². The molecule has 0 bridgehead atoms. The molecule has 11 unspecified atom stereocenters. The monoisotopic (exact) mass is 744 g/mol. The van der Waals surface area contributed by atoms with E-state index in [1.165, 1.54) is 0 Å². The minimum absolute atomic E-state index is 0.0195. The van der Waals surface area contributed by atoms with Crippen LogP contribution >= 0.6 is 11.6 Å². The molecule has 19 heteroatoms. The van der Waals surface area contributed by atoms with E-state index in [0.29, 0.717) is 26.2 Å². The summed E-state index contributed by atoms with van der Waals surface area (Å²) in [4.78, 5) is 46.4. The van der Waals surface area contributed by atoms with Gasteiger partial charge in [0, 0.05) is 69.6 Å². The number of halogens is 7. The van der Waals surface area contributed by atoms with Gasteiger partial charge in [-0.15, -0.1) is 11.6 Å². The van der Waals surface area contributed by atoms with Crippen molar-refractivity contribution in [2.24, 2.45) is 5.92 Å². The molecule has 4 aliphatic heterocycles. The number of fused-ring (bicyclic) bond motifs is 1. The molecule has 5 rings (SSSR count). The molecule has 50 heavy (non-hydrogen) atoms. The van der Waals surface area contributed by atoms with Gasteiger partial charge < -0.3 is 20.6 Å². The smallest absolute Gasteiger partial charge is 0.389 e. The molecule has 5 fully saturated rings. The Kier molecular flexibility index (Phi) is 12.4. The zero-order valence-electron chi connectivity index (χ0n) is 27.9. The van der Waals surface area contributed by atoms with Gasteiger partial charge in [-0.25, -0.2) is 0 Å². The maximum atomic E-state index is 14.2. The Morgan fingerprint density at radius 2 is 1.76 bits per heavy atom. The summed E-state index contributed by atoms with van der Waals surface area (Å²) in [5.74, 6) is -2.52. The molecule has 4 heterocycles. The highest BCUT2D eigenvalue weighted by atomic mass is 35.5. The van der Waals surface area contributed by atoms with Crippen LogP contribution < -0.4 is 26.6 Å². The van der Waals surface area contributed by atoms with Gasteiger partial charge in [0.05, 0.1) is 42.2 Å². The summed E-state index contributed by atoms with van der Waals surface area (Å²) in [6.07, 6.45) is -9.76. The highest BCUT2D eigenvalue weighted by Crippen LogP contribution is 2.39. The second-order valence-electron chi connectivity index (χ2n) is 13.9. The first-order valence-corrected chi connectivity index (χ1v) is 17.6. The molecule has 2 amide bonds. The Bertz CT molecular complexity index is 1250. The summed E-state index contributed by atoms with van der Waals surface area (Å²) >= 11 is 6.32. The standard InChI is InChI=1S/C31H47ClF6N8O4/c1-3-21-25(44-8-10-45(11-9-44)29(50)24-26(48)16(2)40-15-41-24)27(49)23-28(42-18(13-39-23)6-7-30(33,34)35)46(21)14-22(47)43-20-5-4-17(12-19(20)32)31(36,37)38/h6-7,16-21,23-26,28,39-42,48H,3-5,8-15H2,1-2H3,(H,43,47)/b7-6+. The quantitative estimate of drug-likeness (QED) is 0.122. The molecule has 6 N–H and O–H groups in total. The number of aliphatic hydroxyl groups excluding tert-OH is 1. The Balaban J connectivity index is 1.32. The number of rotatable bonds is 7. The third-order valence-electron chi connectivity index (χ3n) is 10.7. The molecule has 0 radical (unpaired) electrons. The number of alkyl halides is 7. The van der Waals surface area contributed by atoms with Crippen LogP contribution in [0.1, 0.15) is 39.5 Å². The number of Topliss-reactive ketones (excluding diaryl/α,β-unsaturated/α-hetero) is 1. The number of piperidine rings is 1. The van der Waals surface area contributed by atoms with E-state index in [1.54, 1.807) is 16.7 Å². The van der Waals surface area contributed by atoms with Gasteiger partial charge in [0.1, 0.15) is 6.04 Å². The van der Waals surface area contributed by atoms with Crippen LogP contribution in [-0.2, 0) is 14.4 Å². The van der Waals surface area contributed by atoms with E-state index in [9.17, 15) is 45.8 Å². The van der Waals surface area contributed by atoms with Crippen molar-refractivity contribution in [2.45, 2.75) is 112 Å². The van der Waals surface area contributed by atoms with E-state index in [2.05, 4.69) is 26.6 Å². The van der Waals surface area contributed by atoms with E-state index >= 15 is 0 Å². The Hall–Kier alpha value is -2.06. The third kappa shape index (κ3) is 8.93. The van der Waals surface area contributed by atoms with Crippen molar-refractivity contribution < 1.29 is 45.8 Å². The minimum atomic E-state index is -4.55. The predicted octanol–water partition coefficient (Wildman–Crippen LogP) is 0.260. The molecule has 0 spiro atoms. The Morgan fingerprint density at radius 3 is 2.38 bits per heavy atom. The van der Waals surface area contributed by atoms with Gasteiger partial charge in [-0.2, -0.15) is 26.3 Å². The average Bonchev–Trinajstić information content (AvgIpc) is 3.06. The summed E-state index contributed by atoms with van der Waals surface area (Å²) < 4.78 is 79.0. The lowest BCUT2D eigenvalue weighted by atomic mass is 9.84. The fourth-order valence-electron chi connectivity index (χ4n) is 7.99. The van der Waals surface area contributed by atoms with Gasteiger partial charge in [-0.05, 0) is 32.6 Å². The number of allylic oxidation sites excluding steroid dienone is 1. The molecule has 284 valence electrons. The van der Waals surface area contributed by atoms with Crippen LogP contribution in [-0.4, -0.2) is 156 Å². The fourth-order valence-corrected chi connectivity index (χ4v) is 8.40. The number of amides is 2. The van der Waals surface area contributed by atoms with Crippen molar-refractivity contribution in [2.75, 3.05) is 45.9 Å². The van der Waals surface area contributed by atoms with Crippen molar-refractivity contribution in [1.82, 2.24) is 41.3 Å². The maximum absolute atomic E-state index is 14.2. The number of piperazine rings is 2. The zero-order valence-corrected chi connectivity index (χ0v) is 28.7. The summed E-state index contributed by atoms with van der Waals surface area (Å²) in [6.45, 7) is 4.95. The topological polar surface area (TPSA) is 141 Å². The highest BCUT2D eigenvalue weighted by Gasteiger charge is 2.53. The number of hydrogen-bond donors (Lipinski definition) is 6. The molecule has 0 aromatic carbocycles. The number of likely N-dealkylation sites (tertiary alicyclic amines) is 1. The lowest BCUT2D eigenvalue weighted by Gasteiger charge is -2.55. The molecule has 0 aromatic heterocycles. The van der Waals surface area contributed by atoms with Crippen LogP contribution in [0.15, 0.2) is 12.2 Å². The second kappa shape index (κ2) is 15.9. The van der Waals surface area contributed by atoms with Crippen molar-refractivity contribution in [3.63, 3.8) is 0 Å². The molecule has 11 atom stereocenters. The van der Waals surface area contributed by atoms with Crippen LogP contribution in [0.4, 0.5) is 26.3 Å². The van der Waals surface area contributed by atoms with Crippen LogP contribution in [0.5, 0.6) is 0 Å².